The molecular weight excluding hydrogens is 184 g/mol. The fourth-order valence-electron chi connectivity index (χ4n) is 3.23. The predicted octanol–water partition coefficient (Wildman–Crippen LogP) is 2.67. The summed E-state index contributed by atoms with van der Waals surface area (Å²) in [5.41, 5.74) is 6.86. The summed E-state index contributed by atoms with van der Waals surface area (Å²) in [5, 5.41) is 3.64. The zero-order valence-electron chi connectivity index (χ0n) is 10.9. The number of hydrogen-bond donors (Lipinski definition) is 2. The van der Waals surface area contributed by atoms with Crippen LogP contribution in [0.1, 0.15) is 59.8 Å². The van der Waals surface area contributed by atoms with Crippen molar-refractivity contribution in [3.63, 3.8) is 0 Å². The third-order valence-corrected chi connectivity index (χ3v) is 4.96. The Kier molecular flexibility index (Phi) is 4.19. The van der Waals surface area contributed by atoms with Gasteiger partial charge in [0.05, 0.1) is 0 Å². The molecule has 1 saturated heterocycles. The molecule has 1 rings (SSSR count). The van der Waals surface area contributed by atoms with Gasteiger partial charge in [0.1, 0.15) is 0 Å². The molecular formula is C13H28N2. The van der Waals surface area contributed by atoms with Gasteiger partial charge in [-0.1, -0.05) is 27.7 Å². The van der Waals surface area contributed by atoms with E-state index >= 15 is 0 Å². The van der Waals surface area contributed by atoms with Gasteiger partial charge in [-0.3, -0.25) is 0 Å². The molecule has 1 aliphatic rings. The second kappa shape index (κ2) is 4.84. The number of hydrogen-bond acceptors (Lipinski definition) is 2. The molecule has 2 atom stereocenters. The molecule has 0 aromatic carbocycles. The lowest BCUT2D eigenvalue weighted by Crippen LogP contribution is -2.60. The van der Waals surface area contributed by atoms with Crippen LogP contribution in [-0.2, 0) is 0 Å². The van der Waals surface area contributed by atoms with Crippen LogP contribution in [0.25, 0.3) is 0 Å². The van der Waals surface area contributed by atoms with Crippen LogP contribution in [0.15, 0.2) is 0 Å². The van der Waals surface area contributed by atoms with Gasteiger partial charge in [-0.15, -0.1) is 0 Å². The van der Waals surface area contributed by atoms with E-state index in [1.807, 2.05) is 0 Å². The fraction of sp³-hybridized carbons (Fsp3) is 1.00. The van der Waals surface area contributed by atoms with Gasteiger partial charge in [-0.2, -0.15) is 0 Å². The first-order chi connectivity index (χ1) is 7.04. The summed E-state index contributed by atoms with van der Waals surface area (Å²) in [6.07, 6.45) is 5.92. The van der Waals surface area contributed by atoms with Crippen molar-refractivity contribution in [2.45, 2.75) is 71.4 Å². The van der Waals surface area contributed by atoms with E-state index in [9.17, 15) is 0 Å². The van der Waals surface area contributed by atoms with Crippen LogP contribution in [0.4, 0.5) is 0 Å². The van der Waals surface area contributed by atoms with Gasteiger partial charge in [-0.05, 0) is 38.6 Å². The molecule has 0 aromatic heterocycles. The molecule has 2 heteroatoms. The first-order valence-electron chi connectivity index (χ1n) is 6.56. The smallest absolute Gasteiger partial charge is 0.0218 e. The highest BCUT2D eigenvalue weighted by molar-refractivity contribution is 5.05. The van der Waals surface area contributed by atoms with Gasteiger partial charge in [0.25, 0.3) is 0 Å². The Balaban J connectivity index is 2.90. The Morgan fingerprint density at radius 2 is 1.80 bits per heavy atom. The Bertz CT molecular complexity index is 193. The second-order valence-electron chi connectivity index (χ2n) is 5.28. The summed E-state index contributed by atoms with van der Waals surface area (Å²) < 4.78 is 0. The van der Waals surface area contributed by atoms with Crippen LogP contribution in [0.2, 0.25) is 0 Å². The number of nitrogens with one attached hydrogen (secondary N) is 1. The van der Waals surface area contributed by atoms with Crippen LogP contribution in [0.5, 0.6) is 0 Å². The second-order valence-corrected chi connectivity index (χ2v) is 5.28. The van der Waals surface area contributed by atoms with Crippen LogP contribution < -0.4 is 11.1 Å². The minimum atomic E-state index is -0.0102. The summed E-state index contributed by atoms with van der Waals surface area (Å²) in [7, 11) is 0. The molecule has 90 valence electrons. The van der Waals surface area contributed by atoms with Crippen LogP contribution >= 0.6 is 0 Å². The zero-order valence-corrected chi connectivity index (χ0v) is 10.9. The third kappa shape index (κ3) is 2.07. The van der Waals surface area contributed by atoms with E-state index in [2.05, 4.69) is 33.0 Å². The molecule has 2 nitrogen and oxygen atoms in total. The minimum Gasteiger partial charge on any atom is -0.325 e. The highest BCUT2D eigenvalue weighted by Crippen LogP contribution is 2.43. The summed E-state index contributed by atoms with van der Waals surface area (Å²) in [6, 6.07) is 0.618. The van der Waals surface area contributed by atoms with Crippen LogP contribution in [0.3, 0.4) is 0 Å². The quantitative estimate of drug-likeness (QED) is 0.735. The lowest BCUT2D eigenvalue weighted by atomic mass is 9.62. The van der Waals surface area contributed by atoms with Crippen molar-refractivity contribution < 1.29 is 0 Å². The van der Waals surface area contributed by atoms with Gasteiger partial charge in [0.15, 0.2) is 0 Å². The molecule has 0 saturated carbocycles. The van der Waals surface area contributed by atoms with Gasteiger partial charge in [-0.25, -0.2) is 0 Å². The van der Waals surface area contributed by atoms with Crippen molar-refractivity contribution in [1.29, 1.82) is 0 Å². The maximum Gasteiger partial charge on any atom is 0.0218 e. The molecule has 1 heterocycles. The average molecular weight is 212 g/mol. The van der Waals surface area contributed by atoms with Gasteiger partial charge < -0.3 is 11.1 Å². The van der Waals surface area contributed by atoms with E-state index in [4.69, 9.17) is 5.73 Å². The third-order valence-electron chi connectivity index (χ3n) is 4.96. The van der Waals surface area contributed by atoms with Gasteiger partial charge >= 0.3 is 0 Å². The van der Waals surface area contributed by atoms with Gasteiger partial charge in [0.2, 0.25) is 0 Å². The lowest BCUT2D eigenvalue weighted by Gasteiger charge is -2.49. The SMILES string of the molecule is CCC(N)(CC)C(C)(CC)[C@@H]1CCCN1. The normalized spacial score (nSPS) is 26.6. The Labute approximate surface area is 95.0 Å². The molecule has 0 radical (unpaired) electrons. The molecule has 0 bridgehead atoms. The standard InChI is InChI=1S/C13H28N2/c1-5-12(4,11-9-8-10-15-11)13(14,6-2)7-3/h11,15H,5-10,14H2,1-4H3/t11-,12?/m0/s1. The predicted molar refractivity (Wildman–Crippen MR) is 66.9 cm³/mol. The average Bonchev–Trinajstić information content (AvgIpc) is 2.80. The summed E-state index contributed by atoms with van der Waals surface area (Å²) >= 11 is 0. The highest BCUT2D eigenvalue weighted by Gasteiger charge is 2.47. The molecule has 0 amide bonds. The number of rotatable bonds is 5. The molecule has 15 heavy (non-hydrogen) atoms. The monoisotopic (exact) mass is 212 g/mol. The maximum atomic E-state index is 6.63. The van der Waals surface area contributed by atoms with E-state index in [0.29, 0.717) is 6.04 Å². The topological polar surface area (TPSA) is 38.0 Å². The molecule has 0 aliphatic carbocycles. The van der Waals surface area contributed by atoms with E-state index in [0.717, 1.165) is 12.8 Å². The van der Waals surface area contributed by atoms with E-state index in [1.165, 1.54) is 25.8 Å². The Morgan fingerprint density at radius 3 is 2.13 bits per heavy atom. The summed E-state index contributed by atoms with van der Waals surface area (Å²) in [4.78, 5) is 0. The molecule has 0 aromatic rings. The van der Waals surface area contributed by atoms with Crippen molar-refractivity contribution in [2.75, 3.05) is 6.54 Å². The van der Waals surface area contributed by atoms with Crippen LogP contribution in [0, 0.1) is 5.41 Å². The van der Waals surface area contributed by atoms with Crippen molar-refractivity contribution in [3.05, 3.63) is 0 Å². The number of nitrogens with two attached hydrogens (primary N) is 1. The Hall–Kier alpha value is -0.0800. The zero-order chi connectivity index (χ0) is 11.5. The molecule has 0 spiro atoms. The lowest BCUT2D eigenvalue weighted by molar-refractivity contribution is 0.0800. The van der Waals surface area contributed by atoms with Crippen molar-refractivity contribution >= 4 is 0 Å². The minimum absolute atomic E-state index is 0.0102. The molecule has 1 aliphatic heterocycles. The van der Waals surface area contributed by atoms with Crippen molar-refractivity contribution in [1.82, 2.24) is 5.32 Å². The molecule has 1 unspecified atom stereocenters. The van der Waals surface area contributed by atoms with E-state index in [1.54, 1.807) is 0 Å². The van der Waals surface area contributed by atoms with E-state index in [-0.39, 0.29) is 11.0 Å². The van der Waals surface area contributed by atoms with Crippen molar-refractivity contribution in [2.24, 2.45) is 11.1 Å². The summed E-state index contributed by atoms with van der Waals surface area (Å²) in [6.45, 7) is 10.3. The Morgan fingerprint density at radius 1 is 1.20 bits per heavy atom. The first-order valence-corrected chi connectivity index (χ1v) is 6.56. The maximum absolute atomic E-state index is 6.63. The summed E-state index contributed by atoms with van der Waals surface area (Å²) in [5.74, 6) is 0. The van der Waals surface area contributed by atoms with Crippen molar-refractivity contribution in [3.8, 4) is 0 Å². The van der Waals surface area contributed by atoms with Gasteiger partial charge in [0, 0.05) is 17.0 Å². The largest absolute Gasteiger partial charge is 0.325 e. The fourth-order valence-corrected chi connectivity index (χ4v) is 3.23. The molecule has 3 N–H and O–H groups in total. The van der Waals surface area contributed by atoms with Crippen LogP contribution in [-0.4, -0.2) is 18.1 Å². The molecule has 1 fully saturated rings. The first kappa shape index (κ1) is 13.0. The highest BCUT2D eigenvalue weighted by atomic mass is 15.0. The van der Waals surface area contributed by atoms with E-state index < -0.39 is 0 Å².